The van der Waals surface area contributed by atoms with E-state index >= 15 is 0 Å². The van der Waals surface area contributed by atoms with E-state index in [0.29, 0.717) is 16.7 Å². The van der Waals surface area contributed by atoms with E-state index in [1.54, 1.807) is 19.1 Å². The lowest BCUT2D eigenvalue weighted by atomic mass is 10.1. The van der Waals surface area contributed by atoms with E-state index < -0.39 is 6.10 Å². The van der Waals surface area contributed by atoms with Crippen molar-refractivity contribution in [3.8, 4) is 17.2 Å². The SMILES string of the molecule is Cc1ccccc1-c1nc(NC(=O)[C@H](C)Oc2cc(C)c(Cl)c(C)c2)no1. The van der Waals surface area contributed by atoms with Gasteiger partial charge in [0.25, 0.3) is 17.7 Å². The first-order chi connectivity index (χ1) is 12.8. The van der Waals surface area contributed by atoms with Crippen molar-refractivity contribution in [2.24, 2.45) is 0 Å². The number of amides is 1. The van der Waals surface area contributed by atoms with Crippen LogP contribution < -0.4 is 10.1 Å². The molecule has 6 nitrogen and oxygen atoms in total. The highest BCUT2D eigenvalue weighted by Gasteiger charge is 2.19. The molecule has 1 heterocycles. The lowest BCUT2D eigenvalue weighted by Gasteiger charge is -2.15. The lowest BCUT2D eigenvalue weighted by Crippen LogP contribution is -2.30. The number of carbonyl (C=O) groups is 1. The smallest absolute Gasteiger partial charge is 0.270 e. The second-order valence-electron chi connectivity index (χ2n) is 6.36. The zero-order valence-electron chi connectivity index (χ0n) is 15.5. The van der Waals surface area contributed by atoms with Crippen LogP contribution in [0.2, 0.25) is 5.02 Å². The molecule has 0 bridgehead atoms. The van der Waals surface area contributed by atoms with E-state index in [-0.39, 0.29) is 11.9 Å². The van der Waals surface area contributed by atoms with Crippen LogP contribution in [-0.2, 0) is 4.79 Å². The Bertz CT molecular complexity index is 961. The van der Waals surface area contributed by atoms with Crippen LogP contribution >= 0.6 is 11.6 Å². The number of anilines is 1. The maximum Gasteiger partial charge on any atom is 0.270 e. The van der Waals surface area contributed by atoms with Gasteiger partial charge in [-0.05, 0) is 67.7 Å². The summed E-state index contributed by atoms with van der Waals surface area (Å²) in [7, 11) is 0. The minimum absolute atomic E-state index is 0.0946. The number of hydrogen-bond donors (Lipinski definition) is 1. The van der Waals surface area contributed by atoms with Crippen molar-refractivity contribution in [1.29, 1.82) is 0 Å². The Morgan fingerprint density at radius 3 is 2.48 bits per heavy atom. The molecule has 0 radical (unpaired) electrons. The minimum atomic E-state index is -0.745. The van der Waals surface area contributed by atoms with Gasteiger partial charge in [0.05, 0.1) is 0 Å². The van der Waals surface area contributed by atoms with E-state index in [2.05, 4.69) is 15.5 Å². The van der Waals surface area contributed by atoms with Crippen molar-refractivity contribution < 1.29 is 14.1 Å². The summed E-state index contributed by atoms with van der Waals surface area (Å²) in [4.78, 5) is 16.6. The quantitative estimate of drug-likeness (QED) is 0.687. The molecule has 0 saturated carbocycles. The Balaban J connectivity index is 1.68. The molecule has 0 aliphatic rings. The zero-order valence-corrected chi connectivity index (χ0v) is 16.3. The van der Waals surface area contributed by atoms with Gasteiger partial charge in [0, 0.05) is 10.6 Å². The summed E-state index contributed by atoms with van der Waals surface area (Å²) in [6, 6.07) is 11.2. The van der Waals surface area contributed by atoms with Gasteiger partial charge in [0.15, 0.2) is 6.10 Å². The number of rotatable bonds is 5. The predicted molar refractivity (Wildman–Crippen MR) is 104 cm³/mol. The Morgan fingerprint density at radius 2 is 1.81 bits per heavy atom. The van der Waals surface area contributed by atoms with Crippen LogP contribution in [0.1, 0.15) is 23.6 Å². The Morgan fingerprint density at radius 1 is 1.15 bits per heavy atom. The second-order valence-corrected chi connectivity index (χ2v) is 6.74. The van der Waals surface area contributed by atoms with Crippen molar-refractivity contribution in [2.45, 2.75) is 33.8 Å². The lowest BCUT2D eigenvalue weighted by molar-refractivity contribution is -0.122. The summed E-state index contributed by atoms with van der Waals surface area (Å²) in [6.45, 7) is 7.37. The first kappa shape index (κ1) is 18.9. The number of benzene rings is 2. The molecule has 1 amide bonds. The van der Waals surface area contributed by atoms with Gasteiger partial charge in [-0.3, -0.25) is 10.1 Å². The van der Waals surface area contributed by atoms with Crippen LogP contribution in [0.25, 0.3) is 11.5 Å². The molecule has 1 atom stereocenters. The van der Waals surface area contributed by atoms with Gasteiger partial charge in [0.1, 0.15) is 5.75 Å². The number of nitrogens with zero attached hydrogens (tertiary/aromatic N) is 2. The molecular formula is C20H20ClN3O3. The summed E-state index contributed by atoms with van der Waals surface area (Å²) in [6.07, 6.45) is -0.745. The highest BCUT2D eigenvalue weighted by atomic mass is 35.5. The number of carbonyl (C=O) groups excluding carboxylic acids is 1. The van der Waals surface area contributed by atoms with Crippen molar-refractivity contribution in [3.05, 3.63) is 58.1 Å². The normalized spacial score (nSPS) is 11.9. The van der Waals surface area contributed by atoms with Gasteiger partial charge in [-0.2, -0.15) is 4.98 Å². The first-order valence-electron chi connectivity index (χ1n) is 8.49. The number of aryl methyl sites for hydroxylation is 3. The largest absolute Gasteiger partial charge is 0.481 e. The molecule has 1 aromatic heterocycles. The molecule has 2 aromatic carbocycles. The third-order valence-electron chi connectivity index (χ3n) is 4.13. The maximum absolute atomic E-state index is 12.4. The Labute approximate surface area is 162 Å². The molecule has 3 rings (SSSR count). The molecule has 0 aliphatic heterocycles. The van der Waals surface area contributed by atoms with E-state index in [4.69, 9.17) is 20.9 Å². The predicted octanol–water partition coefficient (Wildman–Crippen LogP) is 4.72. The first-order valence-corrected chi connectivity index (χ1v) is 8.87. The second kappa shape index (κ2) is 7.80. The topological polar surface area (TPSA) is 77.2 Å². The molecule has 1 N–H and O–H groups in total. The van der Waals surface area contributed by atoms with E-state index in [1.807, 2.05) is 45.0 Å². The maximum atomic E-state index is 12.4. The van der Waals surface area contributed by atoms with Crippen molar-refractivity contribution in [2.75, 3.05) is 5.32 Å². The number of hydrogen-bond acceptors (Lipinski definition) is 5. The average Bonchev–Trinajstić information content (AvgIpc) is 3.08. The summed E-state index contributed by atoms with van der Waals surface area (Å²) in [5.74, 6) is 0.640. The van der Waals surface area contributed by atoms with E-state index in [9.17, 15) is 4.79 Å². The number of halogens is 1. The van der Waals surface area contributed by atoms with Gasteiger partial charge < -0.3 is 9.26 Å². The van der Waals surface area contributed by atoms with Crippen LogP contribution in [0.5, 0.6) is 5.75 Å². The van der Waals surface area contributed by atoms with Crippen molar-refractivity contribution >= 4 is 23.5 Å². The zero-order chi connectivity index (χ0) is 19.6. The highest BCUT2D eigenvalue weighted by molar-refractivity contribution is 6.32. The number of nitrogens with one attached hydrogen (secondary N) is 1. The molecule has 0 aliphatic carbocycles. The molecule has 3 aromatic rings. The molecule has 0 spiro atoms. The number of ether oxygens (including phenoxy) is 1. The molecule has 0 fully saturated rings. The molecule has 7 heteroatoms. The van der Waals surface area contributed by atoms with Gasteiger partial charge in [-0.15, -0.1) is 0 Å². The van der Waals surface area contributed by atoms with E-state index in [1.165, 1.54) is 0 Å². The van der Waals surface area contributed by atoms with Crippen LogP contribution in [-0.4, -0.2) is 22.2 Å². The summed E-state index contributed by atoms with van der Waals surface area (Å²) in [5, 5.41) is 7.11. The highest BCUT2D eigenvalue weighted by Crippen LogP contribution is 2.27. The number of aromatic nitrogens is 2. The Hall–Kier alpha value is -2.86. The third-order valence-corrected chi connectivity index (χ3v) is 4.72. The van der Waals surface area contributed by atoms with Gasteiger partial charge in [-0.25, -0.2) is 0 Å². The molecular weight excluding hydrogens is 366 g/mol. The van der Waals surface area contributed by atoms with Crippen LogP contribution in [0, 0.1) is 20.8 Å². The Kier molecular flexibility index (Phi) is 5.46. The van der Waals surface area contributed by atoms with Gasteiger partial charge in [-0.1, -0.05) is 29.8 Å². The fourth-order valence-corrected chi connectivity index (χ4v) is 2.75. The fraction of sp³-hybridized carbons (Fsp3) is 0.250. The van der Waals surface area contributed by atoms with Crippen LogP contribution in [0.15, 0.2) is 40.9 Å². The minimum Gasteiger partial charge on any atom is -0.481 e. The fourth-order valence-electron chi connectivity index (χ4n) is 2.64. The monoisotopic (exact) mass is 385 g/mol. The van der Waals surface area contributed by atoms with Crippen molar-refractivity contribution in [1.82, 2.24) is 10.1 Å². The third kappa shape index (κ3) is 4.28. The molecule has 0 saturated heterocycles. The van der Waals surface area contributed by atoms with Gasteiger partial charge in [0.2, 0.25) is 0 Å². The summed E-state index contributed by atoms with van der Waals surface area (Å²) in [5.41, 5.74) is 3.60. The molecule has 27 heavy (non-hydrogen) atoms. The van der Waals surface area contributed by atoms with E-state index in [0.717, 1.165) is 22.3 Å². The van der Waals surface area contributed by atoms with Crippen LogP contribution in [0.3, 0.4) is 0 Å². The van der Waals surface area contributed by atoms with Crippen LogP contribution in [0.4, 0.5) is 5.95 Å². The summed E-state index contributed by atoms with van der Waals surface area (Å²) < 4.78 is 11.0. The average molecular weight is 386 g/mol. The van der Waals surface area contributed by atoms with Gasteiger partial charge >= 0.3 is 0 Å². The molecule has 0 unspecified atom stereocenters. The van der Waals surface area contributed by atoms with Crippen molar-refractivity contribution in [3.63, 3.8) is 0 Å². The summed E-state index contributed by atoms with van der Waals surface area (Å²) >= 11 is 6.16. The molecule has 140 valence electrons. The standard InChI is InChI=1S/C20H20ClN3O3/c1-11-7-5-6-8-16(11)19-23-20(24-27-19)22-18(25)14(4)26-15-9-12(2)17(21)13(3)10-15/h5-10,14H,1-4H3,(H,22,24,25)/t14-/m0/s1.